The molecule has 0 saturated heterocycles. The first-order valence-electron chi connectivity index (χ1n) is 6.39. The minimum atomic E-state index is 0.375. The number of nitrogens with one attached hydrogen (secondary N) is 1. The van der Waals surface area contributed by atoms with Crippen LogP contribution in [0.25, 0.3) is 0 Å². The summed E-state index contributed by atoms with van der Waals surface area (Å²) < 4.78 is 0. The first-order valence-corrected chi connectivity index (χ1v) is 7.20. The maximum atomic E-state index is 4.43. The smallest absolute Gasteiger partial charge is 0.133 e. The van der Waals surface area contributed by atoms with Crippen LogP contribution in [0.15, 0.2) is 40.8 Å². The lowest BCUT2D eigenvalue weighted by Gasteiger charge is -2.15. The molecule has 2 heterocycles. The van der Waals surface area contributed by atoms with Gasteiger partial charge in [-0.1, -0.05) is 25.6 Å². The summed E-state index contributed by atoms with van der Waals surface area (Å²) in [5.74, 6) is 1.31. The van der Waals surface area contributed by atoms with Crippen LogP contribution in [0.5, 0.6) is 0 Å². The van der Waals surface area contributed by atoms with Crippen LogP contribution in [-0.4, -0.2) is 21.5 Å². The zero-order valence-electron chi connectivity index (χ0n) is 11.4. The molecule has 0 aromatic carbocycles. The van der Waals surface area contributed by atoms with Gasteiger partial charge in [0.1, 0.15) is 17.2 Å². The third-order valence-corrected chi connectivity index (χ3v) is 3.66. The molecule has 2 aromatic rings. The molecular weight excluding hydrogens is 256 g/mol. The van der Waals surface area contributed by atoms with Crippen molar-refractivity contribution in [2.75, 3.05) is 11.9 Å². The molecule has 0 amide bonds. The van der Waals surface area contributed by atoms with E-state index in [-0.39, 0.29) is 0 Å². The van der Waals surface area contributed by atoms with E-state index >= 15 is 0 Å². The molecule has 0 aliphatic carbocycles. The lowest BCUT2D eigenvalue weighted by molar-refractivity contribution is 0.803. The van der Waals surface area contributed by atoms with E-state index in [1.807, 2.05) is 12.1 Å². The Morgan fingerprint density at radius 3 is 2.58 bits per heavy atom. The third-order valence-electron chi connectivity index (χ3n) is 2.63. The summed E-state index contributed by atoms with van der Waals surface area (Å²) in [5.41, 5.74) is 1.17. The molecule has 4 nitrogen and oxygen atoms in total. The van der Waals surface area contributed by atoms with Crippen LogP contribution in [0.2, 0.25) is 0 Å². The number of aromatic nitrogens is 3. The highest BCUT2D eigenvalue weighted by molar-refractivity contribution is 7.99. The summed E-state index contributed by atoms with van der Waals surface area (Å²) in [4.78, 5) is 13.9. The van der Waals surface area contributed by atoms with E-state index in [1.165, 1.54) is 5.56 Å². The predicted octanol–water partition coefficient (Wildman–Crippen LogP) is 3.58. The highest BCUT2D eigenvalue weighted by atomic mass is 32.2. The second-order valence-corrected chi connectivity index (χ2v) is 5.47. The van der Waals surface area contributed by atoms with Crippen molar-refractivity contribution < 1.29 is 0 Å². The molecule has 5 heteroatoms. The number of pyridine rings is 1. The molecule has 0 atom stereocenters. The van der Waals surface area contributed by atoms with Gasteiger partial charge >= 0.3 is 0 Å². The predicted molar refractivity (Wildman–Crippen MR) is 78.6 cm³/mol. The largest absolute Gasteiger partial charge is 0.370 e. The van der Waals surface area contributed by atoms with Gasteiger partial charge in [-0.3, -0.25) is 4.98 Å². The Kier molecular flexibility index (Phi) is 4.74. The number of nitrogens with zero attached hydrogens (tertiary/aromatic N) is 3. The van der Waals surface area contributed by atoms with Crippen LogP contribution in [0.3, 0.4) is 0 Å². The van der Waals surface area contributed by atoms with Crippen molar-refractivity contribution in [1.29, 1.82) is 0 Å². The summed E-state index contributed by atoms with van der Waals surface area (Å²) in [5, 5.41) is 4.31. The molecule has 100 valence electrons. The Morgan fingerprint density at radius 2 is 1.95 bits per heavy atom. The average molecular weight is 274 g/mol. The van der Waals surface area contributed by atoms with Gasteiger partial charge in [-0.25, -0.2) is 9.97 Å². The van der Waals surface area contributed by atoms with Crippen LogP contribution < -0.4 is 5.32 Å². The fraction of sp³-hybridized carbons (Fsp3) is 0.357. The monoisotopic (exact) mass is 274 g/mol. The minimum absolute atomic E-state index is 0.375. The topological polar surface area (TPSA) is 50.7 Å². The van der Waals surface area contributed by atoms with E-state index in [0.29, 0.717) is 5.92 Å². The summed E-state index contributed by atoms with van der Waals surface area (Å²) in [6, 6.07) is 3.98. The van der Waals surface area contributed by atoms with Crippen LogP contribution in [-0.2, 0) is 0 Å². The lowest BCUT2D eigenvalue weighted by atomic mass is 10.1. The minimum Gasteiger partial charge on any atom is -0.370 e. The van der Waals surface area contributed by atoms with Crippen LogP contribution in [0, 0.1) is 0 Å². The van der Waals surface area contributed by atoms with Crippen molar-refractivity contribution in [2.24, 2.45) is 0 Å². The molecule has 0 aliphatic heterocycles. The maximum Gasteiger partial charge on any atom is 0.133 e. The summed E-state index contributed by atoms with van der Waals surface area (Å²) in [6.07, 6.45) is 5.21. The van der Waals surface area contributed by atoms with Crippen LogP contribution >= 0.6 is 11.8 Å². The highest BCUT2D eigenvalue weighted by Gasteiger charge is 2.15. The molecule has 0 aliphatic rings. The summed E-state index contributed by atoms with van der Waals surface area (Å²) in [7, 11) is 0. The van der Waals surface area contributed by atoms with Crippen molar-refractivity contribution in [3.05, 3.63) is 36.4 Å². The molecule has 0 spiro atoms. The Morgan fingerprint density at radius 1 is 1.21 bits per heavy atom. The van der Waals surface area contributed by atoms with Crippen molar-refractivity contribution in [3.8, 4) is 0 Å². The van der Waals surface area contributed by atoms with Crippen molar-refractivity contribution in [2.45, 2.75) is 36.6 Å². The van der Waals surface area contributed by atoms with Gasteiger partial charge < -0.3 is 5.32 Å². The van der Waals surface area contributed by atoms with Crippen molar-refractivity contribution in [3.63, 3.8) is 0 Å². The SMILES string of the molecule is CCNc1ncnc(Sc2ccncc2)c1C(C)C. The fourth-order valence-corrected chi connectivity index (χ4v) is 2.83. The Labute approximate surface area is 118 Å². The molecule has 2 aromatic heterocycles. The van der Waals surface area contributed by atoms with E-state index in [2.05, 4.69) is 41.0 Å². The standard InChI is InChI=1S/C14H18N4S/c1-4-16-13-12(10(2)3)14(18-9-17-13)19-11-5-7-15-8-6-11/h5-10H,4H2,1-3H3,(H,16,17,18). The van der Waals surface area contributed by atoms with Gasteiger partial charge in [-0.2, -0.15) is 0 Å². The maximum absolute atomic E-state index is 4.43. The summed E-state index contributed by atoms with van der Waals surface area (Å²) >= 11 is 1.65. The zero-order valence-corrected chi connectivity index (χ0v) is 12.2. The molecule has 0 fully saturated rings. The molecule has 1 N–H and O–H groups in total. The van der Waals surface area contributed by atoms with Gasteiger partial charge in [-0.05, 0) is 25.0 Å². The molecule has 2 rings (SSSR count). The first kappa shape index (κ1) is 13.8. The fourth-order valence-electron chi connectivity index (χ4n) is 1.81. The Balaban J connectivity index is 2.36. The first-order chi connectivity index (χ1) is 9.22. The molecule has 0 unspecified atom stereocenters. The number of hydrogen-bond donors (Lipinski definition) is 1. The van der Waals surface area contributed by atoms with E-state index in [9.17, 15) is 0 Å². The van der Waals surface area contributed by atoms with Gasteiger partial charge in [0.15, 0.2) is 0 Å². The van der Waals surface area contributed by atoms with E-state index in [0.717, 1.165) is 22.3 Å². The normalized spacial score (nSPS) is 10.7. The van der Waals surface area contributed by atoms with Gasteiger partial charge in [0.2, 0.25) is 0 Å². The van der Waals surface area contributed by atoms with Crippen LogP contribution in [0.1, 0.15) is 32.3 Å². The van der Waals surface area contributed by atoms with Gasteiger partial charge in [0.25, 0.3) is 0 Å². The number of rotatable bonds is 5. The van der Waals surface area contributed by atoms with Crippen molar-refractivity contribution >= 4 is 17.6 Å². The van der Waals surface area contributed by atoms with E-state index < -0.39 is 0 Å². The lowest BCUT2D eigenvalue weighted by Crippen LogP contribution is -2.07. The quantitative estimate of drug-likeness (QED) is 0.845. The second kappa shape index (κ2) is 6.52. The molecule has 0 saturated carbocycles. The van der Waals surface area contributed by atoms with Crippen molar-refractivity contribution in [1.82, 2.24) is 15.0 Å². The average Bonchev–Trinajstić information content (AvgIpc) is 2.40. The number of anilines is 1. The van der Waals surface area contributed by atoms with Gasteiger partial charge in [-0.15, -0.1) is 0 Å². The molecule has 0 radical (unpaired) electrons. The van der Waals surface area contributed by atoms with E-state index in [4.69, 9.17) is 0 Å². The molecule has 0 bridgehead atoms. The van der Waals surface area contributed by atoms with Gasteiger partial charge in [0.05, 0.1) is 0 Å². The molecule has 19 heavy (non-hydrogen) atoms. The summed E-state index contributed by atoms with van der Waals surface area (Å²) in [6.45, 7) is 7.25. The van der Waals surface area contributed by atoms with Gasteiger partial charge in [0, 0.05) is 29.4 Å². The van der Waals surface area contributed by atoms with Crippen LogP contribution in [0.4, 0.5) is 5.82 Å². The zero-order chi connectivity index (χ0) is 13.7. The number of hydrogen-bond acceptors (Lipinski definition) is 5. The second-order valence-electron chi connectivity index (χ2n) is 4.41. The third kappa shape index (κ3) is 3.44. The Hall–Kier alpha value is -1.62. The van der Waals surface area contributed by atoms with E-state index in [1.54, 1.807) is 30.5 Å². The molecular formula is C14H18N4S. The highest BCUT2D eigenvalue weighted by Crippen LogP contribution is 2.34. The Bertz CT molecular complexity index is 528.